The molecule has 3 rings (SSSR count). The van der Waals surface area contributed by atoms with Crippen LogP contribution in [-0.2, 0) is 0 Å². The Bertz CT molecular complexity index is 926. The monoisotopic (exact) mass is 474 g/mol. The Balaban J connectivity index is 1.70. The van der Waals surface area contributed by atoms with Crippen molar-refractivity contribution in [2.75, 3.05) is 28.4 Å². The highest BCUT2D eigenvalue weighted by molar-refractivity contribution is 5.63. The van der Waals surface area contributed by atoms with E-state index in [4.69, 9.17) is 39.9 Å². The fraction of sp³-hybridized carbons (Fsp3) is 0.538. The fourth-order valence-electron chi connectivity index (χ4n) is 4.53. The third-order valence-corrected chi connectivity index (χ3v) is 6.42. The molecule has 8 nitrogen and oxygen atoms in total. The van der Waals surface area contributed by atoms with Gasteiger partial charge in [0.2, 0.25) is 11.5 Å². The first-order chi connectivity index (χ1) is 16.4. The van der Waals surface area contributed by atoms with Gasteiger partial charge in [-0.3, -0.25) is 0 Å². The standard InChI is InChI=1S/C26H38N2O6/c1-15(2)16(17-14-21(29-3)24(31-5)25(32-6)23(17)30-4)10-9-11-18(27)22(28)26-33-19-12-7-8-13-20(19)34-26/h7-8,12-16,18,22,26H,9-11,27-28H2,1-6H3. The van der Waals surface area contributed by atoms with Crippen molar-refractivity contribution in [1.29, 1.82) is 0 Å². The molecule has 0 saturated carbocycles. The Kier molecular flexibility index (Phi) is 8.74. The van der Waals surface area contributed by atoms with Gasteiger partial charge in [0.1, 0.15) is 0 Å². The first-order valence-corrected chi connectivity index (χ1v) is 11.7. The number of fused-ring (bicyclic) bond motifs is 1. The number of ether oxygens (including phenoxy) is 6. The highest BCUT2D eigenvalue weighted by Gasteiger charge is 2.33. The quantitative estimate of drug-likeness (QED) is 0.474. The van der Waals surface area contributed by atoms with Crippen molar-refractivity contribution in [3.8, 4) is 34.5 Å². The summed E-state index contributed by atoms with van der Waals surface area (Å²) in [6.07, 6.45) is 1.91. The minimum atomic E-state index is -0.580. The number of rotatable bonds is 12. The summed E-state index contributed by atoms with van der Waals surface area (Å²) in [5.41, 5.74) is 13.9. The van der Waals surface area contributed by atoms with Crippen LogP contribution in [0.25, 0.3) is 0 Å². The van der Waals surface area contributed by atoms with Gasteiger partial charge in [-0.2, -0.15) is 0 Å². The number of hydrogen-bond acceptors (Lipinski definition) is 8. The normalized spacial score (nSPS) is 15.7. The van der Waals surface area contributed by atoms with Crippen LogP contribution < -0.4 is 39.9 Å². The summed E-state index contributed by atoms with van der Waals surface area (Å²) in [6, 6.07) is 8.80. The van der Waals surface area contributed by atoms with Crippen molar-refractivity contribution in [2.24, 2.45) is 17.4 Å². The topological polar surface area (TPSA) is 107 Å². The van der Waals surface area contributed by atoms with Gasteiger partial charge in [-0.25, -0.2) is 0 Å². The Labute approximate surface area is 202 Å². The van der Waals surface area contributed by atoms with Gasteiger partial charge in [0, 0.05) is 11.6 Å². The van der Waals surface area contributed by atoms with Crippen LogP contribution in [-0.4, -0.2) is 46.8 Å². The molecule has 0 bridgehead atoms. The summed E-state index contributed by atoms with van der Waals surface area (Å²) in [5, 5.41) is 0. The first kappa shape index (κ1) is 25.8. The van der Waals surface area contributed by atoms with Crippen LogP contribution in [0.1, 0.15) is 44.6 Å². The summed E-state index contributed by atoms with van der Waals surface area (Å²) < 4.78 is 34.2. The Morgan fingerprint density at radius 2 is 1.41 bits per heavy atom. The molecular formula is C26H38N2O6. The smallest absolute Gasteiger partial charge is 0.257 e. The average molecular weight is 475 g/mol. The van der Waals surface area contributed by atoms with E-state index in [0.717, 1.165) is 24.8 Å². The number of hydrogen-bond donors (Lipinski definition) is 2. The Morgan fingerprint density at radius 1 is 0.824 bits per heavy atom. The van der Waals surface area contributed by atoms with E-state index in [-0.39, 0.29) is 12.0 Å². The van der Waals surface area contributed by atoms with E-state index in [1.807, 2.05) is 30.3 Å². The van der Waals surface area contributed by atoms with Gasteiger partial charge in [-0.1, -0.05) is 32.4 Å². The zero-order chi connectivity index (χ0) is 24.8. The third-order valence-electron chi connectivity index (χ3n) is 6.42. The summed E-state index contributed by atoms with van der Waals surface area (Å²) in [6.45, 7) is 4.38. The molecule has 3 unspecified atom stereocenters. The molecule has 1 aliphatic heterocycles. The lowest BCUT2D eigenvalue weighted by Gasteiger charge is -2.28. The SMILES string of the molecule is COc1cc(C(CCCC(N)C(N)C2Oc3ccccc3O2)C(C)C)c(OC)c(OC)c1OC. The summed E-state index contributed by atoms with van der Waals surface area (Å²) in [5.74, 6) is 4.24. The molecule has 1 aliphatic rings. The second kappa shape index (κ2) is 11.5. The molecule has 2 aromatic carbocycles. The highest BCUT2D eigenvalue weighted by Crippen LogP contribution is 2.50. The molecule has 34 heavy (non-hydrogen) atoms. The number of nitrogens with two attached hydrogens (primary N) is 2. The van der Waals surface area contributed by atoms with Gasteiger partial charge in [-0.05, 0) is 42.9 Å². The molecule has 8 heteroatoms. The van der Waals surface area contributed by atoms with Crippen molar-refractivity contribution >= 4 is 0 Å². The van der Waals surface area contributed by atoms with E-state index in [9.17, 15) is 0 Å². The van der Waals surface area contributed by atoms with E-state index >= 15 is 0 Å². The van der Waals surface area contributed by atoms with Crippen molar-refractivity contribution in [3.05, 3.63) is 35.9 Å². The molecular weight excluding hydrogens is 436 g/mol. The predicted molar refractivity (Wildman–Crippen MR) is 132 cm³/mol. The largest absolute Gasteiger partial charge is 0.493 e. The van der Waals surface area contributed by atoms with Crippen LogP contribution in [0.3, 0.4) is 0 Å². The minimum Gasteiger partial charge on any atom is -0.493 e. The molecule has 0 amide bonds. The molecule has 2 aromatic rings. The first-order valence-electron chi connectivity index (χ1n) is 11.7. The van der Waals surface area contributed by atoms with E-state index in [2.05, 4.69) is 13.8 Å². The van der Waals surface area contributed by atoms with Gasteiger partial charge < -0.3 is 39.9 Å². The number of para-hydroxylation sites is 2. The maximum Gasteiger partial charge on any atom is 0.257 e. The van der Waals surface area contributed by atoms with Crippen molar-refractivity contribution in [1.82, 2.24) is 0 Å². The number of methoxy groups -OCH3 is 4. The second-order valence-electron chi connectivity index (χ2n) is 8.84. The zero-order valence-electron chi connectivity index (χ0n) is 21.0. The van der Waals surface area contributed by atoms with E-state index < -0.39 is 12.3 Å². The molecule has 4 N–H and O–H groups in total. The molecule has 0 radical (unpaired) electrons. The van der Waals surface area contributed by atoms with Crippen molar-refractivity contribution < 1.29 is 28.4 Å². The van der Waals surface area contributed by atoms with Gasteiger partial charge in [0.15, 0.2) is 23.0 Å². The lowest BCUT2D eigenvalue weighted by Crippen LogP contribution is -2.52. The van der Waals surface area contributed by atoms with Crippen LogP contribution in [0.4, 0.5) is 0 Å². The predicted octanol–water partition coefficient (Wildman–Crippen LogP) is 4.08. The average Bonchev–Trinajstić information content (AvgIpc) is 3.28. The lowest BCUT2D eigenvalue weighted by molar-refractivity contribution is 0.0176. The fourth-order valence-corrected chi connectivity index (χ4v) is 4.53. The number of benzene rings is 2. The Morgan fingerprint density at radius 3 is 1.91 bits per heavy atom. The highest BCUT2D eigenvalue weighted by atomic mass is 16.7. The summed E-state index contributed by atoms with van der Waals surface area (Å²) in [7, 11) is 6.43. The summed E-state index contributed by atoms with van der Waals surface area (Å²) in [4.78, 5) is 0. The molecule has 3 atom stereocenters. The van der Waals surface area contributed by atoms with Gasteiger partial charge in [0.05, 0.1) is 34.5 Å². The van der Waals surface area contributed by atoms with Crippen LogP contribution in [0.5, 0.6) is 34.5 Å². The van der Waals surface area contributed by atoms with Crippen molar-refractivity contribution in [2.45, 2.75) is 57.4 Å². The van der Waals surface area contributed by atoms with Crippen LogP contribution >= 0.6 is 0 Å². The molecule has 0 aliphatic carbocycles. The van der Waals surface area contributed by atoms with E-state index in [0.29, 0.717) is 40.4 Å². The van der Waals surface area contributed by atoms with Gasteiger partial charge in [0.25, 0.3) is 6.29 Å². The molecule has 0 fully saturated rings. The van der Waals surface area contributed by atoms with Crippen LogP contribution in [0, 0.1) is 5.92 Å². The molecule has 0 aromatic heterocycles. The maximum absolute atomic E-state index is 6.45. The third kappa shape index (κ3) is 5.28. The zero-order valence-corrected chi connectivity index (χ0v) is 21.0. The second-order valence-corrected chi connectivity index (χ2v) is 8.84. The molecule has 0 saturated heterocycles. The van der Waals surface area contributed by atoms with Gasteiger partial charge >= 0.3 is 0 Å². The summed E-state index contributed by atoms with van der Waals surface area (Å²) >= 11 is 0. The minimum absolute atomic E-state index is 0.190. The van der Waals surface area contributed by atoms with Crippen LogP contribution in [0.2, 0.25) is 0 Å². The van der Waals surface area contributed by atoms with Crippen molar-refractivity contribution in [3.63, 3.8) is 0 Å². The van der Waals surface area contributed by atoms with Crippen LogP contribution in [0.15, 0.2) is 30.3 Å². The molecule has 188 valence electrons. The van der Waals surface area contributed by atoms with E-state index in [1.54, 1.807) is 28.4 Å². The lowest BCUT2D eigenvalue weighted by atomic mass is 9.82. The van der Waals surface area contributed by atoms with E-state index in [1.165, 1.54) is 0 Å². The Hall–Kier alpha value is -2.84. The molecule has 0 spiro atoms. The molecule has 1 heterocycles. The van der Waals surface area contributed by atoms with Gasteiger partial charge in [-0.15, -0.1) is 0 Å². The maximum atomic E-state index is 6.45.